The Hall–Kier alpha value is -3.64. The zero-order chi connectivity index (χ0) is 24.0. The van der Waals surface area contributed by atoms with Crippen molar-refractivity contribution in [3.05, 3.63) is 82.9 Å². The number of hydrogen-bond donors (Lipinski definition) is 2. The van der Waals surface area contributed by atoms with Crippen LogP contribution in [0.3, 0.4) is 0 Å². The van der Waals surface area contributed by atoms with Crippen molar-refractivity contribution in [1.82, 2.24) is 4.90 Å². The molecule has 0 radical (unpaired) electrons. The lowest BCUT2D eigenvalue weighted by atomic mass is 10.1. The Kier molecular flexibility index (Phi) is 7.85. The molecule has 2 N–H and O–H groups in total. The molecule has 3 aromatic rings. The van der Waals surface area contributed by atoms with Gasteiger partial charge in [-0.3, -0.25) is 14.5 Å². The second kappa shape index (κ2) is 10.8. The largest absolute Gasteiger partial charge is 0.455 e. The fourth-order valence-corrected chi connectivity index (χ4v) is 3.68. The highest BCUT2D eigenvalue weighted by Crippen LogP contribution is 2.29. The van der Waals surface area contributed by atoms with Gasteiger partial charge >= 0.3 is 0 Å². The van der Waals surface area contributed by atoms with Crippen molar-refractivity contribution in [2.45, 2.75) is 27.7 Å². The lowest BCUT2D eigenvalue weighted by Crippen LogP contribution is -2.36. The van der Waals surface area contributed by atoms with Gasteiger partial charge in [0.1, 0.15) is 5.75 Å². The van der Waals surface area contributed by atoms with Crippen LogP contribution in [0.4, 0.5) is 11.4 Å². The van der Waals surface area contributed by atoms with E-state index in [0.29, 0.717) is 17.2 Å². The summed E-state index contributed by atoms with van der Waals surface area (Å²) in [5.74, 6) is 0.856. The van der Waals surface area contributed by atoms with Crippen LogP contribution in [0.15, 0.2) is 60.7 Å². The van der Waals surface area contributed by atoms with Gasteiger partial charge in [-0.25, -0.2) is 0 Å². The minimum absolute atomic E-state index is 0.0676. The number of para-hydroxylation sites is 2. The van der Waals surface area contributed by atoms with Gasteiger partial charge in [-0.1, -0.05) is 47.5 Å². The molecule has 172 valence electrons. The fraction of sp³-hybridized carbons (Fsp3) is 0.259. The van der Waals surface area contributed by atoms with Gasteiger partial charge in [0, 0.05) is 5.69 Å². The fourth-order valence-electron chi connectivity index (χ4n) is 3.68. The predicted molar refractivity (Wildman–Crippen MR) is 133 cm³/mol. The monoisotopic (exact) mass is 445 g/mol. The first-order valence-corrected chi connectivity index (χ1v) is 10.9. The zero-order valence-corrected chi connectivity index (χ0v) is 19.9. The minimum Gasteiger partial charge on any atom is -0.455 e. The van der Waals surface area contributed by atoms with Crippen LogP contribution in [0.25, 0.3) is 0 Å². The molecule has 0 heterocycles. The molecule has 0 aromatic heterocycles. The van der Waals surface area contributed by atoms with Crippen LogP contribution < -0.4 is 15.4 Å². The number of carbonyl (C=O) groups excluding carboxylic acids is 2. The number of aryl methyl sites for hydroxylation is 4. The lowest BCUT2D eigenvalue weighted by molar-refractivity contribution is -0.119. The molecule has 6 heteroatoms. The van der Waals surface area contributed by atoms with E-state index in [1.54, 1.807) is 24.1 Å². The topological polar surface area (TPSA) is 70.7 Å². The first kappa shape index (κ1) is 24.0. The summed E-state index contributed by atoms with van der Waals surface area (Å²) < 4.78 is 5.94. The van der Waals surface area contributed by atoms with Crippen molar-refractivity contribution in [1.29, 1.82) is 0 Å². The molecule has 0 aliphatic heterocycles. The number of hydrogen-bond acceptors (Lipinski definition) is 4. The van der Waals surface area contributed by atoms with Crippen LogP contribution in [0.1, 0.15) is 22.3 Å². The van der Waals surface area contributed by atoms with E-state index in [0.717, 1.165) is 27.9 Å². The SMILES string of the molecule is Cc1ccc(Oc2ccccc2NC(=O)CN(C)CC(=O)Nc2c(C)cc(C)cc2C)cc1. The Morgan fingerprint density at radius 1 is 0.788 bits per heavy atom. The maximum atomic E-state index is 12.6. The zero-order valence-electron chi connectivity index (χ0n) is 19.9. The van der Waals surface area contributed by atoms with Gasteiger partial charge < -0.3 is 15.4 Å². The predicted octanol–water partition coefficient (Wildman–Crippen LogP) is 5.22. The van der Waals surface area contributed by atoms with Crippen LogP contribution in [0.2, 0.25) is 0 Å². The third-order valence-corrected chi connectivity index (χ3v) is 5.18. The molecule has 0 aliphatic rings. The summed E-state index contributed by atoms with van der Waals surface area (Å²) in [4.78, 5) is 26.8. The quantitative estimate of drug-likeness (QED) is 0.499. The number of nitrogens with zero attached hydrogens (tertiary/aromatic N) is 1. The first-order chi connectivity index (χ1) is 15.7. The summed E-state index contributed by atoms with van der Waals surface area (Å²) in [5.41, 5.74) is 5.74. The van der Waals surface area contributed by atoms with Gasteiger partial charge in [-0.15, -0.1) is 0 Å². The maximum Gasteiger partial charge on any atom is 0.238 e. The minimum atomic E-state index is -0.229. The average Bonchev–Trinajstić information content (AvgIpc) is 2.73. The van der Waals surface area contributed by atoms with E-state index in [-0.39, 0.29) is 24.9 Å². The molecule has 6 nitrogen and oxygen atoms in total. The number of amides is 2. The molecular weight excluding hydrogens is 414 g/mol. The first-order valence-electron chi connectivity index (χ1n) is 10.9. The molecule has 0 spiro atoms. The third-order valence-electron chi connectivity index (χ3n) is 5.18. The summed E-state index contributed by atoms with van der Waals surface area (Å²) in [6.07, 6.45) is 0. The van der Waals surface area contributed by atoms with E-state index in [4.69, 9.17) is 4.74 Å². The van der Waals surface area contributed by atoms with Gasteiger partial charge in [0.05, 0.1) is 18.8 Å². The average molecular weight is 446 g/mol. The molecule has 2 amide bonds. The summed E-state index contributed by atoms with van der Waals surface area (Å²) >= 11 is 0. The van der Waals surface area contributed by atoms with Crippen LogP contribution in [-0.2, 0) is 9.59 Å². The molecule has 0 bridgehead atoms. The van der Waals surface area contributed by atoms with Gasteiger partial charge in [0.25, 0.3) is 0 Å². The highest BCUT2D eigenvalue weighted by Gasteiger charge is 2.15. The van der Waals surface area contributed by atoms with Crippen molar-refractivity contribution < 1.29 is 14.3 Å². The summed E-state index contributed by atoms with van der Waals surface area (Å²) in [5, 5.41) is 5.85. The number of ether oxygens (including phenoxy) is 1. The smallest absolute Gasteiger partial charge is 0.238 e. The van der Waals surface area contributed by atoms with Crippen LogP contribution in [0.5, 0.6) is 11.5 Å². The Balaban J connectivity index is 1.56. The van der Waals surface area contributed by atoms with Crippen molar-refractivity contribution in [3.8, 4) is 11.5 Å². The van der Waals surface area contributed by atoms with E-state index in [2.05, 4.69) is 10.6 Å². The molecule has 0 fully saturated rings. The number of carbonyl (C=O) groups is 2. The molecule has 0 atom stereocenters. The van der Waals surface area contributed by atoms with E-state index in [1.807, 2.05) is 76.2 Å². The maximum absolute atomic E-state index is 12.6. The van der Waals surface area contributed by atoms with Crippen LogP contribution >= 0.6 is 0 Å². The van der Waals surface area contributed by atoms with Crippen LogP contribution in [-0.4, -0.2) is 36.9 Å². The Morgan fingerprint density at radius 3 is 2.00 bits per heavy atom. The molecule has 0 aliphatic carbocycles. The Morgan fingerprint density at radius 2 is 1.36 bits per heavy atom. The number of nitrogens with one attached hydrogen (secondary N) is 2. The highest BCUT2D eigenvalue weighted by atomic mass is 16.5. The standard InChI is InChI=1S/C27H31N3O3/c1-18-10-12-22(13-11-18)33-24-9-7-6-8-23(24)28-25(31)16-30(5)17-26(32)29-27-20(3)14-19(2)15-21(27)4/h6-15H,16-17H2,1-5H3,(H,28,31)(H,29,32). The lowest BCUT2D eigenvalue weighted by Gasteiger charge is -2.18. The number of benzene rings is 3. The summed E-state index contributed by atoms with van der Waals surface area (Å²) in [7, 11) is 1.74. The van der Waals surface area contributed by atoms with Crippen molar-refractivity contribution >= 4 is 23.2 Å². The molecule has 0 saturated carbocycles. The van der Waals surface area contributed by atoms with E-state index in [9.17, 15) is 9.59 Å². The number of rotatable bonds is 8. The summed E-state index contributed by atoms with van der Waals surface area (Å²) in [6.45, 7) is 8.16. The molecule has 3 rings (SSSR count). The molecule has 0 unspecified atom stereocenters. The molecular formula is C27H31N3O3. The van der Waals surface area contributed by atoms with Gasteiger partial charge in [-0.2, -0.15) is 0 Å². The molecule has 0 saturated heterocycles. The molecule has 33 heavy (non-hydrogen) atoms. The Bertz CT molecular complexity index is 1120. The van der Waals surface area contributed by atoms with E-state index in [1.165, 1.54) is 0 Å². The number of anilines is 2. The normalized spacial score (nSPS) is 10.7. The second-order valence-corrected chi connectivity index (χ2v) is 8.45. The molecule has 3 aromatic carbocycles. The van der Waals surface area contributed by atoms with Gasteiger partial charge in [0.15, 0.2) is 5.75 Å². The van der Waals surface area contributed by atoms with E-state index < -0.39 is 0 Å². The van der Waals surface area contributed by atoms with Crippen LogP contribution in [0, 0.1) is 27.7 Å². The van der Waals surface area contributed by atoms with Crippen molar-refractivity contribution in [2.75, 3.05) is 30.8 Å². The number of likely N-dealkylation sites (N-methyl/N-ethyl adjacent to an activating group) is 1. The third kappa shape index (κ3) is 6.92. The van der Waals surface area contributed by atoms with Gasteiger partial charge in [0.2, 0.25) is 11.8 Å². The van der Waals surface area contributed by atoms with Crippen molar-refractivity contribution in [3.63, 3.8) is 0 Å². The summed E-state index contributed by atoms with van der Waals surface area (Å²) in [6, 6.07) is 19.1. The highest BCUT2D eigenvalue weighted by molar-refractivity contribution is 5.96. The second-order valence-electron chi connectivity index (χ2n) is 8.45. The van der Waals surface area contributed by atoms with Gasteiger partial charge in [-0.05, 0) is 70.1 Å². The Labute approximate surface area is 195 Å². The van der Waals surface area contributed by atoms with E-state index >= 15 is 0 Å². The van der Waals surface area contributed by atoms with Crippen molar-refractivity contribution in [2.24, 2.45) is 0 Å².